The SMILES string of the molecule is CCNc1ncc(F)cc1C(=O)Nc1cnn(C(C)C)c1. The van der Waals surface area contributed by atoms with Crippen LogP contribution in [0, 0.1) is 5.82 Å². The highest BCUT2D eigenvalue weighted by molar-refractivity contribution is 6.07. The summed E-state index contributed by atoms with van der Waals surface area (Å²) in [6.07, 6.45) is 4.35. The molecule has 0 aliphatic rings. The fourth-order valence-electron chi connectivity index (χ4n) is 1.80. The average Bonchev–Trinajstić information content (AvgIpc) is 2.89. The lowest BCUT2D eigenvalue weighted by Gasteiger charge is -2.09. The number of halogens is 1. The predicted molar refractivity (Wildman–Crippen MR) is 78.9 cm³/mol. The molecule has 7 heteroatoms. The molecule has 0 atom stereocenters. The summed E-state index contributed by atoms with van der Waals surface area (Å²) in [4.78, 5) is 16.1. The van der Waals surface area contributed by atoms with Gasteiger partial charge in [-0.15, -0.1) is 0 Å². The van der Waals surface area contributed by atoms with Gasteiger partial charge in [-0.1, -0.05) is 0 Å². The van der Waals surface area contributed by atoms with Crippen LogP contribution < -0.4 is 10.6 Å². The van der Waals surface area contributed by atoms with Gasteiger partial charge in [-0.25, -0.2) is 9.37 Å². The number of carbonyl (C=O) groups is 1. The number of rotatable bonds is 5. The lowest BCUT2D eigenvalue weighted by Crippen LogP contribution is -2.16. The largest absolute Gasteiger partial charge is 0.370 e. The maximum Gasteiger partial charge on any atom is 0.259 e. The van der Waals surface area contributed by atoms with Gasteiger partial charge in [-0.3, -0.25) is 9.48 Å². The Balaban J connectivity index is 2.21. The molecular weight excluding hydrogens is 273 g/mol. The number of aromatic nitrogens is 3. The number of hydrogen-bond acceptors (Lipinski definition) is 4. The quantitative estimate of drug-likeness (QED) is 0.888. The van der Waals surface area contributed by atoms with Crippen LogP contribution >= 0.6 is 0 Å². The van der Waals surface area contributed by atoms with E-state index in [-0.39, 0.29) is 11.6 Å². The third-order valence-electron chi connectivity index (χ3n) is 2.83. The van der Waals surface area contributed by atoms with Crippen LogP contribution in [0.5, 0.6) is 0 Å². The molecule has 1 amide bonds. The molecule has 2 rings (SSSR count). The van der Waals surface area contributed by atoms with E-state index in [1.807, 2.05) is 20.8 Å². The summed E-state index contributed by atoms with van der Waals surface area (Å²) in [7, 11) is 0. The molecule has 21 heavy (non-hydrogen) atoms. The first-order valence-corrected chi connectivity index (χ1v) is 6.76. The van der Waals surface area contributed by atoms with Crippen molar-refractivity contribution in [2.45, 2.75) is 26.8 Å². The minimum absolute atomic E-state index is 0.161. The Morgan fingerprint density at radius 1 is 1.43 bits per heavy atom. The van der Waals surface area contributed by atoms with E-state index in [0.29, 0.717) is 18.1 Å². The van der Waals surface area contributed by atoms with Crippen LogP contribution in [-0.4, -0.2) is 27.2 Å². The second-order valence-corrected chi connectivity index (χ2v) is 4.84. The molecule has 0 aliphatic carbocycles. The van der Waals surface area contributed by atoms with E-state index >= 15 is 0 Å². The molecular formula is C14H18FN5O. The van der Waals surface area contributed by atoms with Gasteiger partial charge in [0.15, 0.2) is 0 Å². The van der Waals surface area contributed by atoms with Gasteiger partial charge in [0.1, 0.15) is 11.6 Å². The third kappa shape index (κ3) is 3.56. The van der Waals surface area contributed by atoms with Crippen molar-refractivity contribution in [1.29, 1.82) is 0 Å². The van der Waals surface area contributed by atoms with Crippen LogP contribution in [0.15, 0.2) is 24.7 Å². The number of carbonyl (C=O) groups excluding carboxylic acids is 1. The van der Waals surface area contributed by atoms with E-state index in [0.717, 1.165) is 12.3 Å². The van der Waals surface area contributed by atoms with Gasteiger partial charge in [0.05, 0.1) is 23.6 Å². The highest BCUT2D eigenvalue weighted by atomic mass is 19.1. The van der Waals surface area contributed by atoms with Gasteiger partial charge in [0, 0.05) is 18.8 Å². The van der Waals surface area contributed by atoms with Gasteiger partial charge in [-0.05, 0) is 26.8 Å². The second-order valence-electron chi connectivity index (χ2n) is 4.84. The molecule has 0 saturated carbocycles. The molecule has 2 N–H and O–H groups in total. The number of amides is 1. The Hall–Kier alpha value is -2.44. The molecule has 0 saturated heterocycles. The summed E-state index contributed by atoms with van der Waals surface area (Å²) in [6, 6.07) is 1.36. The number of pyridine rings is 1. The topological polar surface area (TPSA) is 71.8 Å². The van der Waals surface area contributed by atoms with Gasteiger partial charge < -0.3 is 10.6 Å². The van der Waals surface area contributed by atoms with Crippen molar-refractivity contribution in [2.24, 2.45) is 0 Å². The standard InChI is InChI=1S/C14H18FN5O/c1-4-16-13-12(5-10(15)6-17-13)14(21)19-11-7-18-20(8-11)9(2)3/h5-9H,4H2,1-3H3,(H,16,17)(H,19,21). The molecule has 6 nitrogen and oxygen atoms in total. The molecule has 112 valence electrons. The first-order chi connectivity index (χ1) is 10.0. The lowest BCUT2D eigenvalue weighted by atomic mass is 10.2. The first-order valence-electron chi connectivity index (χ1n) is 6.76. The van der Waals surface area contributed by atoms with Gasteiger partial charge in [0.2, 0.25) is 0 Å². The molecule has 0 aromatic carbocycles. The predicted octanol–water partition coefficient (Wildman–Crippen LogP) is 2.68. The van der Waals surface area contributed by atoms with Crippen LogP contribution in [0.3, 0.4) is 0 Å². The zero-order chi connectivity index (χ0) is 15.4. The Kier molecular flexibility index (Phi) is 4.52. The van der Waals surface area contributed by atoms with Gasteiger partial charge in [-0.2, -0.15) is 5.10 Å². The van der Waals surface area contributed by atoms with Gasteiger partial charge in [0.25, 0.3) is 5.91 Å². The van der Waals surface area contributed by atoms with E-state index < -0.39 is 11.7 Å². The van der Waals surface area contributed by atoms with Crippen LogP contribution in [0.2, 0.25) is 0 Å². The van der Waals surface area contributed by atoms with E-state index in [2.05, 4.69) is 20.7 Å². The van der Waals surface area contributed by atoms with E-state index in [1.54, 1.807) is 17.1 Å². The summed E-state index contributed by atoms with van der Waals surface area (Å²) >= 11 is 0. The average molecular weight is 291 g/mol. The fourth-order valence-corrected chi connectivity index (χ4v) is 1.80. The monoisotopic (exact) mass is 291 g/mol. The molecule has 0 unspecified atom stereocenters. The summed E-state index contributed by atoms with van der Waals surface area (Å²) in [5, 5.41) is 9.76. The molecule has 2 aromatic heterocycles. The second kappa shape index (κ2) is 6.34. The zero-order valence-corrected chi connectivity index (χ0v) is 12.2. The summed E-state index contributed by atoms with van der Waals surface area (Å²) in [5.74, 6) is -0.631. The number of nitrogens with one attached hydrogen (secondary N) is 2. The summed E-state index contributed by atoms with van der Waals surface area (Å²) in [5.41, 5.74) is 0.717. The Bertz CT molecular complexity index is 638. The number of nitrogens with zero attached hydrogens (tertiary/aromatic N) is 3. The molecule has 0 spiro atoms. The van der Waals surface area contributed by atoms with E-state index in [4.69, 9.17) is 0 Å². The highest BCUT2D eigenvalue weighted by Gasteiger charge is 2.15. The van der Waals surface area contributed by atoms with Crippen molar-refractivity contribution >= 4 is 17.4 Å². The maximum absolute atomic E-state index is 13.3. The van der Waals surface area contributed by atoms with Gasteiger partial charge >= 0.3 is 0 Å². The van der Waals surface area contributed by atoms with Crippen molar-refractivity contribution in [3.05, 3.63) is 36.0 Å². The minimum atomic E-state index is -0.556. The van der Waals surface area contributed by atoms with Crippen molar-refractivity contribution in [3.63, 3.8) is 0 Å². The molecule has 2 aromatic rings. The van der Waals surface area contributed by atoms with Crippen molar-refractivity contribution in [1.82, 2.24) is 14.8 Å². The fraction of sp³-hybridized carbons (Fsp3) is 0.357. The Morgan fingerprint density at radius 3 is 2.81 bits per heavy atom. The molecule has 0 fully saturated rings. The molecule has 0 radical (unpaired) electrons. The maximum atomic E-state index is 13.3. The zero-order valence-electron chi connectivity index (χ0n) is 12.2. The third-order valence-corrected chi connectivity index (χ3v) is 2.83. The Morgan fingerprint density at radius 2 is 2.19 bits per heavy atom. The van der Waals surface area contributed by atoms with Crippen LogP contribution in [0.25, 0.3) is 0 Å². The smallest absolute Gasteiger partial charge is 0.259 e. The van der Waals surface area contributed by atoms with Crippen LogP contribution in [-0.2, 0) is 0 Å². The number of anilines is 2. The van der Waals surface area contributed by atoms with Crippen molar-refractivity contribution in [2.75, 3.05) is 17.2 Å². The highest BCUT2D eigenvalue weighted by Crippen LogP contribution is 2.17. The van der Waals surface area contributed by atoms with Crippen LogP contribution in [0.1, 0.15) is 37.2 Å². The Labute approximate surface area is 122 Å². The minimum Gasteiger partial charge on any atom is -0.370 e. The van der Waals surface area contributed by atoms with Crippen molar-refractivity contribution in [3.8, 4) is 0 Å². The molecule has 0 aliphatic heterocycles. The lowest BCUT2D eigenvalue weighted by molar-refractivity contribution is 0.102. The first kappa shape index (κ1) is 15.0. The molecule has 0 bridgehead atoms. The summed E-state index contributed by atoms with van der Waals surface area (Å²) in [6.45, 7) is 6.43. The van der Waals surface area contributed by atoms with E-state index in [9.17, 15) is 9.18 Å². The molecule has 2 heterocycles. The normalized spacial score (nSPS) is 10.7. The van der Waals surface area contributed by atoms with Crippen molar-refractivity contribution < 1.29 is 9.18 Å². The number of hydrogen-bond donors (Lipinski definition) is 2. The van der Waals surface area contributed by atoms with E-state index in [1.165, 1.54) is 0 Å². The van der Waals surface area contributed by atoms with Crippen LogP contribution in [0.4, 0.5) is 15.9 Å². The summed E-state index contributed by atoms with van der Waals surface area (Å²) < 4.78 is 15.0.